The number of methoxy groups -OCH3 is 1. The standard InChI is InChI=1S/C15H20O6S/c1-19-14-9-7-13(8-10-14)12-20-15(16)6-4-3-5-11-21-22(2,17)18/h4,6-10H,3,5,11-12H2,1-2H3/b6-4-. The summed E-state index contributed by atoms with van der Waals surface area (Å²) in [7, 11) is -1.81. The number of allylic oxidation sites excluding steroid dienone is 1. The molecule has 0 saturated carbocycles. The third-order valence-electron chi connectivity index (χ3n) is 2.61. The summed E-state index contributed by atoms with van der Waals surface area (Å²) in [4.78, 5) is 11.5. The molecule has 0 atom stereocenters. The van der Waals surface area contributed by atoms with Crippen LogP contribution in [-0.4, -0.2) is 34.4 Å². The van der Waals surface area contributed by atoms with Crippen molar-refractivity contribution in [3.8, 4) is 5.75 Å². The number of hydrogen-bond donors (Lipinski definition) is 0. The lowest BCUT2D eigenvalue weighted by atomic mass is 10.2. The average molecular weight is 328 g/mol. The van der Waals surface area contributed by atoms with E-state index in [1.54, 1.807) is 25.3 Å². The molecule has 1 aromatic carbocycles. The van der Waals surface area contributed by atoms with Gasteiger partial charge in [0.2, 0.25) is 0 Å². The number of benzene rings is 1. The first-order valence-electron chi connectivity index (χ1n) is 6.71. The van der Waals surface area contributed by atoms with Gasteiger partial charge in [-0.1, -0.05) is 18.2 Å². The summed E-state index contributed by atoms with van der Waals surface area (Å²) in [6, 6.07) is 7.22. The van der Waals surface area contributed by atoms with Gasteiger partial charge in [0.1, 0.15) is 12.4 Å². The second kappa shape index (κ2) is 9.22. The van der Waals surface area contributed by atoms with Gasteiger partial charge in [0.25, 0.3) is 10.1 Å². The number of hydrogen-bond acceptors (Lipinski definition) is 6. The lowest BCUT2D eigenvalue weighted by Crippen LogP contribution is -2.03. The summed E-state index contributed by atoms with van der Waals surface area (Å²) in [6.07, 6.45) is 4.99. The Morgan fingerprint density at radius 2 is 1.91 bits per heavy atom. The molecule has 0 radical (unpaired) electrons. The largest absolute Gasteiger partial charge is 0.497 e. The maximum atomic E-state index is 11.5. The van der Waals surface area contributed by atoms with E-state index in [0.717, 1.165) is 17.6 Å². The maximum Gasteiger partial charge on any atom is 0.330 e. The molecule has 0 fully saturated rings. The highest BCUT2D eigenvalue weighted by atomic mass is 32.2. The van der Waals surface area contributed by atoms with Crippen LogP contribution in [0.15, 0.2) is 36.4 Å². The van der Waals surface area contributed by atoms with Gasteiger partial charge in [-0.2, -0.15) is 8.42 Å². The molecule has 0 aliphatic rings. The van der Waals surface area contributed by atoms with Crippen molar-refractivity contribution in [1.29, 1.82) is 0 Å². The smallest absolute Gasteiger partial charge is 0.330 e. The summed E-state index contributed by atoms with van der Waals surface area (Å²) in [6.45, 7) is 0.286. The zero-order valence-corrected chi connectivity index (χ0v) is 13.5. The highest BCUT2D eigenvalue weighted by molar-refractivity contribution is 7.85. The number of carbonyl (C=O) groups excluding carboxylic acids is 1. The molecule has 0 heterocycles. The van der Waals surface area contributed by atoms with Crippen LogP contribution >= 0.6 is 0 Å². The highest BCUT2D eigenvalue weighted by Crippen LogP contribution is 2.12. The molecule has 0 amide bonds. The van der Waals surface area contributed by atoms with Crippen LogP contribution < -0.4 is 4.74 Å². The SMILES string of the molecule is COc1ccc(COC(=O)/C=C\CCCOS(C)(=O)=O)cc1. The lowest BCUT2D eigenvalue weighted by Gasteiger charge is -2.04. The molecule has 0 aliphatic carbocycles. The van der Waals surface area contributed by atoms with E-state index in [4.69, 9.17) is 9.47 Å². The van der Waals surface area contributed by atoms with Crippen LogP contribution in [0.2, 0.25) is 0 Å². The molecule has 6 nitrogen and oxygen atoms in total. The van der Waals surface area contributed by atoms with Gasteiger partial charge in [0, 0.05) is 6.08 Å². The molecule has 0 N–H and O–H groups in total. The Hall–Kier alpha value is -1.86. The maximum absolute atomic E-state index is 11.5. The van der Waals surface area contributed by atoms with Gasteiger partial charge < -0.3 is 9.47 Å². The Kier molecular flexibility index (Phi) is 7.62. The van der Waals surface area contributed by atoms with Crippen molar-refractivity contribution in [3.05, 3.63) is 42.0 Å². The minimum atomic E-state index is -3.40. The van der Waals surface area contributed by atoms with Gasteiger partial charge >= 0.3 is 5.97 Å². The summed E-state index contributed by atoms with van der Waals surface area (Å²) in [5, 5.41) is 0. The van der Waals surface area contributed by atoms with Crippen LogP contribution in [0.4, 0.5) is 0 Å². The van der Waals surface area contributed by atoms with E-state index in [0.29, 0.717) is 12.8 Å². The first kappa shape index (κ1) is 18.2. The molecule has 0 aliphatic heterocycles. The molecule has 1 aromatic rings. The van der Waals surface area contributed by atoms with Gasteiger partial charge in [0.15, 0.2) is 0 Å². The lowest BCUT2D eigenvalue weighted by molar-refractivity contribution is -0.139. The fourth-order valence-electron chi connectivity index (χ4n) is 1.52. The summed E-state index contributed by atoms with van der Waals surface area (Å²) >= 11 is 0. The van der Waals surface area contributed by atoms with Crippen LogP contribution in [0.3, 0.4) is 0 Å². The van der Waals surface area contributed by atoms with Crippen molar-refractivity contribution in [1.82, 2.24) is 0 Å². The Morgan fingerprint density at radius 1 is 1.23 bits per heavy atom. The number of rotatable bonds is 9. The number of carbonyl (C=O) groups is 1. The van der Waals surface area contributed by atoms with Crippen LogP contribution in [0.5, 0.6) is 5.75 Å². The van der Waals surface area contributed by atoms with E-state index < -0.39 is 16.1 Å². The Balaban J connectivity index is 2.20. The Morgan fingerprint density at radius 3 is 2.50 bits per heavy atom. The van der Waals surface area contributed by atoms with E-state index >= 15 is 0 Å². The van der Waals surface area contributed by atoms with Crippen LogP contribution in [-0.2, 0) is 30.4 Å². The van der Waals surface area contributed by atoms with Gasteiger partial charge in [-0.25, -0.2) is 4.79 Å². The van der Waals surface area contributed by atoms with Crippen molar-refractivity contribution >= 4 is 16.1 Å². The van der Waals surface area contributed by atoms with Crippen LogP contribution in [0, 0.1) is 0 Å². The van der Waals surface area contributed by atoms with Gasteiger partial charge in [-0.15, -0.1) is 0 Å². The van der Waals surface area contributed by atoms with Gasteiger partial charge in [-0.3, -0.25) is 4.18 Å². The number of esters is 1. The van der Waals surface area contributed by atoms with Gasteiger partial charge in [0.05, 0.1) is 20.0 Å². The molecule has 0 unspecified atom stereocenters. The predicted octanol–water partition coefficient (Wildman–Crippen LogP) is 2.05. The molecule has 7 heteroatoms. The molecule has 0 aromatic heterocycles. The van der Waals surface area contributed by atoms with Crippen molar-refractivity contribution in [3.63, 3.8) is 0 Å². The molecule has 1 rings (SSSR count). The summed E-state index contributed by atoms with van der Waals surface area (Å²) in [5.74, 6) is 0.297. The van der Waals surface area contributed by atoms with Crippen LogP contribution in [0.25, 0.3) is 0 Å². The third kappa shape index (κ3) is 8.43. The first-order chi connectivity index (χ1) is 10.4. The molecular formula is C15H20O6S. The molecule has 0 bridgehead atoms. The second-order valence-electron chi connectivity index (χ2n) is 4.53. The fourth-order valence-corrected chi connectivity index (χ4v) is 1.94. The first-order valence-corrected chi connectivity index (χ1v) is 8.53. The number of ether oxygens (including phenoxy) is 2. The van der Waals surface area contributed by atoms with Crippen molar-refractivity contribution in [2.24, 2.45) is 0 Å². The van der Waals surface area contributed by atoms with E-state index in [-0.39, 0.29) is 13.2 Å². The van der Waals surface area contributed by atoms with E-state index in [1.807, 2.05) is 12.1 Å². The molecule has 22 heavy (non-hydrogen) atoms. The molecule has 0 saturated heterocycles. The van der Waals surface area contributed by atoms with Crippen molar-refractivity contribution < 1.29 is 26.9 Å². The van der Waals surface area contributed by atoms with E-state index in [1.165, 1.54) is 6.08 Å². The quantitative estimate of drug-likeness (QED) is 0.299. The summed E-state index contributed by atoms with van der Waals surface area (Å²) < 4.78 is 36.1. The predicted molar refractivity (Wildman–Crippen MR) is 82.0 cm³/mol. The average Bonchev–Trinajstić information content (AvgIpc) is 2.48. The Labute approximate surface area is 130 Å². The third-order valence-corrected chi connectivity index (χ3v) is 3.20. The Bertz CT molecular complexity index is 589. The zero-order chi connectivity index (χ0) is 16.4. The van der Waals surface area contributed by atoms with Gasteiger partial charge in [-0.05, 0) is 30.5 Å². The summed E-state index contributed by atoms with van der Waals surface area (Å²) in [5.41, 5.74) is 0.865. The topological polar surface area (TPSA) is 78.9 Å². The normalized spacial score (nSPS) is 11.5. The fraction of sp³-hybridized carbons (Fsp3) is 0.400. The molecular weight excluding hydrogens is 308 g/mol. The molecule has 122 valence electrons. The van der Waals surface area contributed by atoms with E-state index in [2.05, 4.69) is 4.18 Å². The van der Waals surface area contributed by atoms with Crippen molar-refractivity contribution in [2.45, 2.75) is 19.4 Å². The minimum Gasteiger partial charge on any atom is -0.497 e. The molecule has 0 spiro atoms. The zero-order valence-electron chi connectivity index (χ0n) is 12.7. The monoisotopic (exact) mass is 328 g/mol. The van der Waals surface area contributed by atoms with Crippen molar-refractivity contribution in [2.75, 3.05) is 20.0 Å². The second-order valence-corrected chi connectivity index (χ2v) is 6.17. The van der Waals surface area contributed by atoms with Crippen LogP contribution in [0.1, 0.15) is 18.4 Å². The minimum absolute atomic E-state index is 0.101. The highest BCUT2D eigenvalue weighted by Gasteiger charge is 2.01. The van der Waals surface area contributed by atoms with E-state index in [9.17, 15) is 13.2 Å². The number of unbranched alkanes of at least 4 members (excludes halogenated alkanes) is 1.